The maximum Gasteiger partial charge on any atom is 0.229 e. The molecule has 0 unspecified atom stereocenters. The Bertz CT molecular complexity index is 1260. The molecule has 4 heterocycles. The zero-order valence-corrected chi connectivity index (χ0v) is 19.8. The predicted molar refractivity (Wildman–Crippen MR) is 138 cm³/mol. The van der Waals surface area contributed by atoms with Gasteiger partial charge in [0, 0.05) is 54.9 Å². The van der Waals surface area contributed by atoms with Gasteiger partial charge in [0.1, 0.15) is 17.3 Å². The summed E-state index contributed by atoms with van der Waals surface area (Å²) in [5, 5.41) is 6.57. The van der Waals surface area contributed by atoms with Gasteiger partial charge >= 0.3 is 0 Å². The van der Waals surface area contributed by atoms with Crippen LogP contribution in [-0.4, -0.2) is 54.4 Å². The second-order valence-electron chi connectivity index (χ2n) is 8.03. The largest absolute Gasteiger partial charge is 0.325 e. The van der Waals surface area contributed by atoms with Gasteiger partial charge in [-0.25, -0.2) is 19.9 Å². The van der Waals surface area contributed by atoms with E-state index in [2.05, 4.69) is 58.7 Å². The average Bonchev–Trinajstić information content (AvgIpc) is 2.85. The van der Waals surface area contributed by atoms with Crippen molar-refractivity contribution in [1.29, 1.82) is 0 Å². The molecule has 1 aliphatic rings. The number of hydrogen-bond acceptors (Lipinski definition) is 9. The van der Waals surface area contributed by atoms with Gasteiger partial charge in [-0.15, -0.1) is 0 Å². The van der Waals surface area contributed by atoms with Gasteiger partial charge in [-0.05, 0) is 48.9 Å². The Kier molecular flexibility index (Phi) is 6.92. The Balaban J connectivity index is 1.27. The van der Waals surface area contributed by atoms with E-state index in [9.17, 15) is 0 Å². The summed E-state index contributed by atoms with van der Waals surface area (Å²) < 4.78 is 0. The van der Waals surface area contributed by atoms with Crippen molar-refractivity contribution in [3.05, 3.63) is 78.2 Å². The highest BCUT2D eigenvalue weighted by Crippen LogP contribution is 2.20. The quantitative estimate of drug-likeness (QED) is 0.400. The average molecular weight is 471 g/mol. The zero-order chi connectivity index (χ0) is 23.2. The molecule has 8 nitrogen and oxygen atoms in total. The van der Waals surface area contributed by atoms with Crippen molar-refractivity contribution in [3.8, 4) is 11.5 Å². The van der Waals surface area contributed by atoms with E-state index in [1.165, 1.54) is 17.1 Å². The minimum Gasteiger partial charge on any atom is -0.325 e. The smallest absolute Gasteiger partial charge is 0.229 e. The maximum atomic E-state index is 4.60. The van der Waals surface area contributed by atoms with Crippen LogP contribution in [0.4, 0.5) is 23.3 Å². The highest BCUT2D eigenvalue weighted by molar-refractivity contribution is 7.99. The summed E-state index contributed by atoms with van der Waals surface area (Å²) in [5.74, 6) is 4.78. The topological polar surface area (TPSA) is 91.8 Å². The molecular formula is C25H26N8S. The lowest BCUT2D eigenvalue weighted by Crippen LogP contribution is -2.31. The van der Waals surface area contributed by atoms with E-state index in [1.807, 2.05) is 49.0 Å². The lowest BCUT2D eigenvalue weighted by molar-refractivity contribution is 0.294. The molecule has 0 bridgehead atoms. The first-order chi connectivity index (χ1) is 16.7. The van der Waals surface area contributed by atoms with E-state index in [0.29, 0.717) is 23.4 Å². The van der Waals surface area contributed by atoms with Gasteiger partial charge in [-0.1, -0.05) is 18.2 Å². The van der Waals surface area contributed by atoms with Crippen LogP contribution in [0.1, 0.15) is 11.3 Å². The van der Waals surface area contributed by atoms with E-state index in [0.717, 1.165) is 36.7 Å². The molecule has 0 amide bonds. The number of hydrogen-bond donors (Lipinski definition) is 2. The first-order valence-electron chi connectivity index (χ1n) is 11.2. The van der Waals surface area contributed by atoms with Crippen molar-refractivity contribution >= 4 is 35.0 Å². The van der Waals surface area contributed by atoms with Crippen LogP contribution < -0.4 is 10.6 Å². The minimum atomic E-state index is 0.520. The number of rotatable bonds is 7. The summed E-state index contributed by atoms with van der Waals surface area (Å²) in [6, 6.07) is 17.8. The van der Waals surface area contributed by atoms with E-state index in [1.54, 1.807) is 18.5 Å². The van der Waals surface area contributed by atoms with Crippen LogP contribution in [0.5, 0.6) is 0 Å². The molecule has 1 aromatic carbocycles. The molecule has 0 aliphatic carbocycles. The molecule has 34 heavy (non-hydrogen) atoms. The summed E-state index contributed by atoms with van der Waals surface area (Å²) in [6.07, 6.45) is 3.43. The minimum absolute atomic E-state index is 0.520. The van der Waals surface area contributed by atoms with Crippen LogP contribution in [-0.2, 0) is 6.54 Å². The molecule has 3 aromatic heterocycles. The second-order valence-corrected chi connectivity index (χ2v) is 9.26. The molecule has 172 valence electrons. The highest BCUT2D eigenvalue weighted by atomic mass is 32.2. The van der Waals surface area contributed by atoms with Crippen molar-refractivity contribution in [1.82, 2.24) is 29.8 Å². The normalized spacial score (nSPS) is 14.0. The number of nitrogens with one attached hydrogen (secondary N) is 2. The third-order valence-corrected chi connectivity index (χ3v) is 6.32. The molecule has 1 saturated heterocycles. The summed E-state index contributed by atoms with van der Waals surface area (Å²) in [4.78, 5) is 24.9. The van der Waals surface area contributed by atoms with Crippen LogP contribution in [0.3, 0.4) is 0 Å². The number of aromatic nitrogens is 5. The molecule has 0 saturated carbocycles. The number of benzene rings is 1. The molecule has 5 rings (SSSR count). The van der Waals surface area contributed by atoms with Crippen molar-refractivity contribution in [2.45, 2.75) is 13.5 Å². The number of thioether (sulfide) groups is 1. The zero-order valence-electron chi connectivity index (χ0n) is 19.0. The standard InChI is InChI=1S/C25H26N8S/c1-18-4-2-7-21(28-18)24-26-10-8-22(31-24)30-23-9-11-27-25(32-23)29-20-6-3-5-19(16-20)17-33-12-14-34-15-13-33/h2-11,16H,12-15,17H2,1H3,(H2,26,27,29,30,31,32). The molecule has 0 spiro atoms. The first kappa shape index (κ1) is 22.2. The molecule has 9 heteroatoms. The fraction of sp³-hybridized carbons (Fsp3) is 0.240. The number of anilines is 4. The van der Waals surface area contributed by atoms with E-state index < -0.39 is 0 Å². The van der Waals surface area contributed by atoms with E-state index in [4.69, 9.17) is 0 Å². The third kappa shape index (κ3) is 5.86. The molecule has 1 fully saturated rings. The van der Waals surface area contributed by atoms with Gasteiger partial charge < -0.3 is 10.6 Å². The Hall–Kier alpha value is -3.56. The van der Waals surface area contributed by atoms with Gasteiger partial charge in [0.25, 0.3) is 0 Å². The molecule has 0 atom stereocenters. The number of nitrogens with zero attached hydrogens (tertiary/aromatic N) is 6. The molecule has 1 aliphatic heterocycles. The Morgan fingerprint density at radius 1 is 0.853 bits per heavy atom. The van der Waals surface area contributed by atoms with Crippen LogP contribution >= 0.6 is 11.8 Å². The molecule has 4 aromatic rings. The fourth-order valence-corrected chi connectivity index (χ4v) is 4.71. The van der Waals surface area contributed by atoms with Gasteiger partial charge in [0.15, 0.2) is 5.82 Å². The Morgan fingerprint density at radius 3 is 2.50 bits per heavy atom. The van der Waals surface area contributed by atoms with Crippen LogP contribution in [0.25, 0.3) is 11.5 Å². The lowest BCUT2D eigenvalue weighted by atomic mass is 10.2. The van der Waals surface area contributed by atoms with Crippen molar-refractivity contribution in [3.63, 3.8) is 0 Å². The summed E-state index contributed by atoms with van der Waals surface area (Å²) in [6.45, 7) is 5.20. The van der Waals surface area contributed by atoms with Gasteiger partial charge in [0.2, 0.25) is 5.95 Å². The Labute approximate surface area is 203 Å². The van der Waals surface area contributed by atoms with Gasteiger partial charge in [-0.3, -0.25) is 4.90 Å². The third-order valence-electron chi connectivity index (χ3n) is 5.38. The van der Waals surface area contributed by atoms with Gasteiger partial charge in [-0.2, -0.15) is 16.7 Å². The second kappa shape index (κ2) is 10.6. The predicted octanol–water partition coefficient (Wildman–Crippen LogP) is 4.67. The van der Waals surface area contributed by atoms with Crippen LogP contribution in [0, 0.1) is 6.92 Å². The van der Waals surface area contributed by atoms with Crippen LogP contribution in [0.2, 0.25) is 0 Å². The molecule has 2 N–H and O–H groups in total. The highest BCUT2D eigenvalue weighted by Gasteiger charge is 2.11. The fourth-order valence-electron chi connectivity index (χ4n) is 3.73. The molecule has 0 radical (unpaired) electrons. The number of aryl methyl sites for hydroxylation is 1. The summed E-state index contributed by atoms with van der Waals surface area (Å²) in [7, 11) is 0. The Morgan fingerprint density at radius 2 is 1.65 bits per heavy atom. The van der Waals surface area contributed by atoms with Crippen molar-refractivity contribution in [2.75, 3.05) is 35.2 Å². The van der Waals surface area contributed by atoms with Gasteiger partial charge in [0.05, 0.1) is 0 Å². The lowest BCUT2D eigenvalue weighted by Gasteiger charge is -2.26. The number of pyridine rings is 1. The van der Waals surface area contributed by atoms with E-state index in [-0.39, 0.29) is 0 Å². The van der Waals surface area contributed by atoms with Crippen molar-refractivity contribution < 1.29 is 0 Å². The monoisotopic (exact) mass is 470 g/mol. The SMILES string of the molecule is Cc1cccc(-c2nccc(Nc3ccnc(Nc4cccc(CN5CCSCC5)c4)n3)n2)n1. The maximum absolute atomic E-state index is 4.60. The van der Waals surface area contributed by atoms with E-state index >= 15 is 0 Å². The molecular weight excluding hydrogens is 444 g/mol. The first-order valence-corrected chi connectivity index (χ1v) is 12.4. The van der Waals surface area contributed by atoms with Crippen LogP contribution in [0.15, 0.2) is 67.0 Å². The summed E-state index contributed by atoms with van der Waals surface area (Å²) >= 11 is 2.03. The summed E-state index contributed by atoms with van der Waals surface area (Å²) in [5.41, 5.74) is 3.90. The van der Waals surface area contributed by atoms with Crippen molar-refractivity contribution in [2.24, 2.45) is 0 Å².